The fourth-order valence-electron chi connectivity index (χ4n) is 3.78. The third-order valence-electron chi connectivity index (χ3n) is 5.07. The fraction of sp³-hybridized carbons (Fsp3) is 1.00. The Balaban J connectivity index is 1.65. The Bertz CT molecular complexity index is 228. The van der Waals surface area contributed by atoms with Gasteiger partial charge in [0.05, 0.1) is 0 Å². The molecule has 2 heterocycles. The summed E-state index contributed by atoms with van der Waals surface area (Å²) < 4.78 is 0. The molecule has 0 bridgehead atoms. The molecule has 0 saturated carbocycles. The zero-order valence-corrected chi connectivity index (χ0v) is 13.0. The summed E-state index contributed by atoms with van der Waals surface area (Å²) in [4.78, 5) is 5.44. The average molecular weight is 267 g/mol. The van der Waals surface area contributed by atoms with Gasteiger partial charge in [-0.3, -0.25) is 0 Å². The van der Waals surface area contributed by atoms with Crippen LogP contribution >= 0.6 is 0 Å². The first kappa shape index (κ1) is 15.3. The Labute approximate surface area is 119 Å². The highest BCUT2D eigenvalue weighted by molar-refractivity contribution is 4.83. The maximum absolute atomic E-state index is 3.29. The summed E-state index contributed by atoms with van der Waals surface area (Å²) in [5.74, 6) is 0.976. The lowest BCUT2D eigenvalue weighted by Crippen LogP contribution is -2.47. The SMILES string of the molecule is CCCN1CCC(N2CCC(CCNC)CC2)CC1. The zero-order chi connectivity index (χ0) is 13.5. The van der Waals surface area contributed by atoms with E-state index < -0.39 is 0 Å². The molecule has 2 aliphatic rings. The summed E-state index contributed by atoms with van der Waals surface area (Å²) >= 11 is 0. The van der Waals surface area contributed by atoms with E-state index in [1.54, 1.807) is 0 Å². The lowest BCUT2D eigenvalue weighted by molar-refractivity contribution is 0.0763. The molecular formula is C16H33N3. The standard InChI is InChI=1S/C16H33N3/c1-3-10-18-11-7-16(8-12-18)19-13-5-15(6-14-19)4-9-17-2/h15-17H,3-14H2,1-2H3. The number of nitrogens with zero attached hydrogens (tertiary/aromatic N) is 2. The van der Waals surface area contributed by atoms with Crippen molar-refractivity contribution in [2.24, 2.45) is 5.92 Å². The summed E-state index contributed by atoms with van der Waals surface area (Å²) in [7, 11) is 2.07. The largest absolute Gasteiger partial charge is 0.320 e. The number of hydrogen-bond acceptors (Lipinski definition) is 3. The molecule has 19 heavy (non-hydrogen) atoms. The molecular weight excluding hydrogens is 234 g/mol. The molecule has 3 heteroatoms. The van der Waals surface area contributed by atoms with Crippen LogP contribution in [0.1, 0.15) is 45.4 Å². The van der Waals surface area contributed by atoms with Crippen molar-refractivity contribution < 1.29 is 0 Å². The Morgan fingerprint density at radius 3 is 2.26 bits per heavy atom. The van der Waals surface area contributed by atoms with E-state index in [9.17, 15) is 0 Å². The van der Waals surface area contributed by atoms with Crippen molar-refractivity contribution in [3.8, 4) is 0 Å². The first-order valence-corrected chi connectivity index (χ1v) is 8.44. The van der Waals surface area contributed by atoms with Crippen molar-refractivity contribution in [3.63, 3.8) is 0 Å². The van der Waals surface area contributed by atoms with Crippen molar-refractivity contribution in [1.82, 2.24) is 15.1 Å². The number of piperidine rings is 2. The second-order valence-electron chi connectivity index (χ2n) is 6.44. The van der Waals surface area contributed by atoms with Gasteiger partial charge in [-0.2, -0.15) is 0 Å². The van der Waals surface area contributed by atoms with Gasteiger partial charge in [0, 0.05) is 6.04 Å². The minimum absolute atomic E-state index is 0.887. The molecule has 0 unspecified atom stereocenters. The predicted octanol–water partition coefficient (Wildman–Crippen LogP) is 2.18. The van der Waals surface area contributed by atoms with E-state index in [4.69, 9.17) is 0 Å². The van der Waals surface area contributed by atoms with Crippen LogP contribution in [-0.4, -0.2) is 62.2 Å². The summed E-state index contributed by atoms with van der Waals surface area (Å²) in [6.07, 6.45) is 8.34. The minimum atomic E-state index is 0.887. The van der Waals surface area contributed by atoms with E-state index in [2.05, 4.69) is 29.1 Å². The van der Waals surface area contributed by atoms with Crippen LogP contribution in [0.5, 0.6) is 0 Å². The van der Waals surface area contributed by atoms with Gasteiger partial charge in [0.25, 0.3) is 0 Å². The van der Waals surface area contributed by atoms with Gasteiger partial charge in [0.15, 0.2) is 0 Å². The number of rotatable bonds is 6. The molecule has 0 aliphatic carbocycles. The van der Waals surface area contributed by atoms with Crippen LogP contribution in [-0.2, 0) is 0 Å². The minimum Gasteiger partial charge on any atom is -0.320 e. The van der Waals surface area contributed by atoms with Crippen LogP contribution in [0.15, 0.2) is 0 Å². The monoisotopic (exact) mass is 267 g/mol. The third kappa shape index (κ3) is 4.73. The molecule has 0 aromatic rings. The second-order valence-corrected chi connectivity index (χ2v) is 6.44. The Morgan fingerprint density at radius 1 is 1.00 bits per heavy atom. The van der Waals surface area contributed by atoms with Crippen LogP contribution in [0.4, 0.5) is 0 Å². The molecule has 0 spiro atoms. The third-order valence-corrected chi connectivity index (χ3v) is 5.07. The van der Waals surface area contributed by atoms with E-state index >= 15 is 0 Å². The topological polar surface area (TPSA) is 18.5 Å². The zero-order valence-electron chi connectivity index (χ0n) is 13.0. The smallest absolute Gasteiger partial charge is 0.0120 e. The second kappa shape index (κ2) is 8.23. The van der Waals surface area contributed by atoms with E-state index in [-0.39, 0.29) is 0 Å². The molecule has 0 radical (unpaired) electrons. The molecule has 0 atom stereocenters. The summed E-state index contributed by atoms with van der Waals surface area (Å²) in [6, 6.07) is 0.887. The highest BCUT2D eigenvalue weighted by Gasteiger charge is 2.27. The molecule has 0 aromatic heterocycles. The summed E-state index contributed by atoms with van der Waals surface area (Å²) in [5.41, 5.74) is 0. The van der Waals surface area contributed by atoms with Gasteiger partial charge >= 0.3 is 0 Å². The average Bonchev–Trinajstić information content (AvgIpc) is 2.47. The van der Waals surface area contributed by atoms with Crippen LogP contribution in [0.3, 0.4) is 0 Å². The maximum atomic E-state index is 3.29. The Kier molecular flexibility index (Phi) is 6.62. The highest BCUT2D eigenvalue weighted by Crippen LogP contribution is 2.25. The summed E-state index contributed by atoms with van der Waals surface area (Å²) in [5, 5.41) is 3.29. The van der Waals surface area contributed by atoms with Gasteiger partial charge in [-0.25, -0.2) is 0 Å². The Morgan fingerprint density at radius 2 is 1.68 bits per heavy atom. The molecule has 2 rings (SSSR count). The quantitative estimate of drug-likeness (QED) is 0.796. The van der Waals surface area contributed by atoms with E-state index in [1.165, 1.54) is 77.8 Å². The molecule has 0 aromatic carbocycles. The van der Waals surface area contributed by atoms with Gasteiger partial charge in [-0.05, 0) is 90.8 Å². The first-order valence-electron chi connectivity index (χ1n) is 8.44. The summed E-state index contributed by atoms with van der Waals surface area (Å²) in [6.45, 7) is 10.2. The number of hydrogen-bond donors (Lipinski definition) is 1. The van der Waals surface area contributed by atoms with Crippen molar-refractivity contribution in [2.45, 2.75) is 51.5 Å². The van der Waals surface area contributed by atoms with Crippen molar-refractivity contribution >= 4 is 0 Å². The molecule has 2 aliphatic heterocycles. The van der Waals surface area contributed by atoms with E-state index in [0.717, 1.165) is 12.0 Å². The molecule has 3 nitrogen and oxygen atoms in total. The normalized spacial score (nSPS) is 24.9. The van der Waals surface area contributed by atoms with Gasteiger partial charge in [0.2, 0.25) is 0 Å². The van der Waals surface area contributed by atoms with Crippen molar-refractivity contribution in [3.05, 3.63) is 0 Å². The van der Waals surface area contributed by atoms with Gasteiger partial charge in [-0.1, -0.05) is 6.92 Å². The van der Waals surface area contributed by atoms with Crippen LogP contribution in [0.2, 0.25) is 0 Å². The number of likely N-dealkylation sites (tertiary alicyclic amines) is 2. The molecule has 2 fully saturated rings. The Hall–Kier alpha value is -0.120. The van der Waals surface area contributed by atoms with Gasteiger partial charge < -0.3 is 15.1 Å². The van der Waals surface area contributed by atoms with Gasteiger partial charge in [0.1, 0.15) is 0 Å². The van der Waals surface area contributed by atoms with Crippen LogP contribution < -0.4 is 5.32 Å². The van der Waals surface area contributed by atoms with Gasteiger partial charge in [-0.15, -0.1) is 0 Å². The molecule has 1 N–H and O–H groups in total. The van der Waals surface area contributed by atoms with Crippen LogP contribution in [0.25, 0.3) is 0 Å². The predicted molar refractivity (Wildman–Crippen MR) is 82.6 cm³/mol. The number of nitrogens with one attached hydrogen (secondary N) is 1. The molecule has 0 amide bonds. The lowest BCUT2D eigenvalue weighted by atomic mass is 9.91. The maximum Gasteiger partial charge on any atom is 0.0120 e. The van der Waals surface area contributed by atoms with Crippen molar-refractivity contribution in [2.75, 3.05) is 46.3 Å². The first-order chi connectivity index (χ1) is 9.33. The van der Waals surface area contributed by atoms with E-state index in [0.29, 0.717) is 0 Å². The molecule has 2 saturated heterocycles. The van der Waals surface area contributed by atoms with E-state index in [1.807, 2.05) is 0 Å². The fourth-order valence-corrected chi connectivity index (χ4v) is 3.78. The molecule has 112 valence electrons. The van der Waals surface area contributed by atoms with Crippen molar-refractivity contribution in [1.29, 1.82) is 0 Å². The highest BCUT2D eigenvalue weighted by atomic mass is 15.2. The lowest BCUT2D eigenvalue weighted by Gasteiger charge is -2.41. The van der Waals surface area contributed by atoms with Crippen LogP contribution in [0, 0.1) is 5.92 Å².